The van der Waals surface area contributed by atoms with Crippen molar-refractivity contribution in [2.75, 3.05) is 5.32 Å². The molecule has 2 amide bonds. The number of amides is 2. The van der Waals surface area contributed by atoms with E-state index in [1.807, 2.05) is 0 Å². The van der Waals surface area contributed by atoms with Gasteiger partial charge in [-0.1, -0.05) is 12.1 Å². The van der Waals surface area contributed by atoms with Gasteiger partial charge in [0.1, 0.15) is 5.82 Å². The van der Waals surface area contributed by atoms with Gasteiger partial charge in [-0.3, -0.25) is 9.59 Å². The van der Waals surface area contributed by atoms with Gasteiger partial charge >= 0.3 is 0 Å². The number of benzene rings is 2. The van der Waals surface area contributed by atoms with E-state index >= 15 is 0 Å². The van der Waals surface area contributed by atoms with Gasteiger partial charge in [0.15, 0.2) is 0 Å². The minimum atomic E-state index is -0.307. The summed E-state index contributed by atoms with van der Waals surface area (Å²) in [5, 5.41) is 5.37. The molecule has 0 aliphatic rings. The number of carbonyl (C=O) groups is 2. The Morgan fingerprint density at radius 2 is 1.62 bits per heavy atom. The van der Waals surface area contributed by atoms with E-state index in [9.17, 15) is 14.0 Å². The molecule has 0 atom stereocenters. The first-order chi connectivity index (χ1) is 10.0. The van der Waals surface area contributed by atoms with Crippen LogP contribution >= 0.6 is 0 Å². The van der Waals surface area contributed by atoms with Crippen LogP contribution in [0, 0.1) is 5.82 Å². The van der Waals surface area contributed by atoms with Crippen LogP contribution < -0.4 is 10.6 Å². The van der Waals surface area contributed by atoms with Gasteiger partial charge in [-0.15, -0.1) is 0 Å². The van der Waals surface area contributed by atoms with Crippen LogP contribution in [0.25, 0.3) is 0 Å². The van der Waals surface area contributed by atoms with Crippen LogP contribution in [-0.4, -0.2) is 11.8 Å². The molecule has 0 spiro atoms. The summed E-state index contributed by atoms with van der Waals surface area (Å²) < 4.78 is 12.8. The molecule has 2 rings (SSSR count). The molecule has 108 valence electrons. The van der Waals surface area contributed by atoms with Crippen molar-refractivity contribution < 1.29 is 14.0 Å². The van der Waals surface area contributed by atoms with Gasteiger partial charge in [-0.25, -0.2) is 4.39 Å². The van der Waals surface area contributed by atoms with E-state index in [2.05, 4.69) is 10.6 Å². The molecule has 0 saturated heterocycles. The molecular formula is C16H15FN2O2. The van der Waals surface area contributed by atoms with E-state index in [1.54, 1.807) is 36.4 Å². The van der Waals surface area contributed by atoms with Crippen LogP contribution in [0.5, 0.6) is 0 Å². The third-order valence-electron chi connectivity index (χ3n) is 2.83. The maximum atomic E-state index is 12.8. The fourth-order valence-corrected chi connectivity index (χ4v) is 1.79. The van der Waals surface area contributed by atoms with Crippen molar-refractivity contribution in [2.24, 2.45) is 0 Å². The summed E-state index contributed by atoms with van der Waals surface area (Å²) in [7, 11) is 0. The molecule has 2 aromatic carbocycles. The molecular weight excluding hydrogens is 271 g/mol. The first kappa shape index (κ1) is 14.7. The lowest BCUT2D eigenvalue weighted by Gasteiger charge is -2.07. The SMILES string of the molecule is CC(=O)Nc1ccc(C(=O)NCc2ccc(F)cc2)cc1. The number of halogens is 1. The van der Waals surface area contributed by atoms with Crippen LogP contribution in [0.1, 0.15) is 22.8 Å². The number of nitrogens with one attached hydrogen (secondary N) is 2. The summed E-state index contributed by atoms with van der Waals surface area (Å²) in [4.78, 5) is 22.8. The molecule has 0 saturated carbocycles. The number of carbonyl (C=O) groups excluding carboxylic acids is 2. The highest BCUT2D eigenvalue weighted by atomic mass is 19.1. The van der Waals surface area contributed by atoms with E-state index in [0.29, 0.717) is 17.8 Å². The fourth-order valence-electron chi connectivity index (χ4n) is 1.79. The van der Waals surface area contributed by atoms with E-state index in [1.165, 1.54) is 19.1 Å². The predicted molar refractivity (Wildman–Crippen MR) is 78.3 cm³/mol. The van der Waals surface area contributed by atoms with Gasteiger partial charge in [0.05, 0.1) is 0 Å². The molecule has 5 heteroatoms. The van der Waals surface area contributed by atoms with Gasteiger partial charge < -0.3 is 10.6 Å². The first-order valence-corrected chi connectivity index (χ1v) is 6.45. The third-order valence-corrected chi connectivity index (χ3v) is 2.83. The molecule has 0 unspecified atom stereocenters. The molecule has 21 heavy (non-hydrogen) atoms. The molecule has 4 nitrogen and oxygen atoms in total. The van der Waals surface area contributed by atoms with Crippen molar-refractivity contribution in [3.05, 3.63) is 65.5 Å². The molecule has 0 heterocycles. The van der Waals surface area contributed by atoms with Crippen molar-refractivity contribution >= 4 is 17.5 Å². The second-order valence-electron chi connectivity index (χ2n) is 4.57. The summed E-state index contributed by atoms with van der Waals surface area (Å²) in [6, 6.07) is 12.5. The first-order valence-electron chi connectivity index (χ1n) is 6.45. The lowest BCUT2D eigenvalue weighted by molar-refractivity contribution is -0.114. The second kappa shape index (κ2) is 6.65. The number of hydrogen-bond donors (Lipinski definition) is 2. The van der Waals surface area contributed by atoms with Gasteiger partial charge in [0, 0.05) is 24.7 Å². The van der Waals surface area contributed by atoms with E-state index in [0.717, 1.165) is 5.56 Å². The largest absolute Gasteiger partial charge is 0.348 e. The Morgan fingerprint density at radius 3 is 2.19 bits per heavy atom. The zero-order chi connectivity index (χ0) is 15.2. The Morgan fingerprint density at radius 1 is 1.00 bits per heavy atom. The molecule has 0 radical (unpaired) electrons. The molecule has 0 bridgehead atoms. The molecule has 0 aliphatic heterocycles. The van der Waals surface area contributed by atoms with Gasteiger partial charge in [0.25, 0.3) is 5.91 Å². The lowest BCUT2D eigenvalue weighted by atomic mass is 10.1. The normalized spacial score (nSPS) is 10.0. The van der Waals surface area contributed by atoms with Crippen LogP contribution in [-0.2, 0) is 11.3 Å². The van der Waals surface area contributed by atoms with Crippen molar-refractivity contribution in [1.82, 2.24) is 5.32 Å². The van der Waals surface area contributed by atoms with Crippen LogP contribution in [0.2, 0.25) is 0 Å². The fraction of sp³-hybridized carbons (Fsp3) is 0.125. The molecule has 0 aromatic heterocycles. The maximum Gasteiger partial charge on any atom is 0.251 e. The number of hydrogen-bond acceptors (Lipinski definition) is 2. The van der Waals surface area contributed by atoms with E-state index in [-0.39, 0.29) is 17.6 Å². The number of rotatable bonds is 4. The van der Waals surface area contributed by atoms with Gasteiger partial charge in [-0.05, 0) is 42.0 Å². The zero-order valence-corrected chi connectivity index (χ0v) is 11.5. The smallest absolute Gasteiger partial charge is 0.251 e. The van der Waals surface area contributed by atoms with Crippen LogP contribution in [0.3, 0.4) is 0 Å². The summed E-state index contributed by atoms with van der Waals surface area (Å²) in [5.74, 6) is -0.698. The Hall–Kier alpha value is -2.69. The average molecular weight is 286 g/mol. The Balaban J connectivity index is 1.93. The minimum absolute atomic E-state index is 0.163. The van der Waals surface area contributed by atoms with Gasteiger partial charge in [0.2, 0.25) is 5.91 Å². The topological polar surface area (TPSA) is 58.2 Å². The zero-order valence-electron chi connectivity index (χ0n) is 11.5. The standard InChI is InChI=1S/C16H15FN2O2/c1-11(20)19-15-8-4-13(5-9-15)16(21)18-10-12-2-6-14(17)7-3-12/h2-9H,10H2,1H3,(H,18,21)(H,19,20). The Labute approximate surface area is 122 Å². The number of anilines is 1. The molecule has 0 aliphatic carbocycles. The Bertz CT molecular complexity index is 636. The summed E-state index contributed by atoms with van der Waals surface area (Å²) >= 11 is 0. The molecule has 0 fully saturated rings. The molecule has 2 N–H and O–H groups in total. The predicted octanol–water partition coefficient (Wildman–Crippen LogP) is 2.71. The van der Waals surface area contributed by atoms with Crippen molar-refractivity contribution in [1.29, 1.82) is 0 Å². The van der Waals surface area contributed by atoms with E-state index in [4.69, 9.17) is 0 Å². The Kier molecular flexibility index (Phi) is 4.66. The summed E-state index contributed by atoms with van der Waals surface area (Å²) in [6.07, 6.45) is 0. The third kappa shape index (κ3) is 4.42. The average Bonchev–Trinajstić information content (AvgIpc) is 2.46. The van der Waals surface area contributed by atoms with Crippen LogP contribution in [0.15, 0.2) is 48.5 Å². The van der Waals surface area contributed by atoms with Crippen molar-refractivity contribution in [2.45, 2.75) is 13.5 Å². The second-order valence-corrected chi connectivity index (χ2v) is 4.57. The minimum Gasteiger partial charge on any atom is -0.348 e. The van der Waals surface area contributed by atoms with Crippen molar-refractivity contribution in [3.63, 3.8) is 0 Å². The highest BCUT2D eigenvalue weighted by Gasteiger charge is 2.05. The highest BCUT2D eigenvalue weighted by molar-refractivity contribution is 5.95. The van der Waals surface area contributed by atoms with Gasteiger partial charge in [-0.2, -0.15) is 0 Å². The van der Waals surface area contributed by atoms with Crippen molar-refractivity contribution in [3.8, 4) is 0 Å². The maximum absolute atomic E-state index is 12.8. The highest BCUT2D eigenvalue weighted by Crippen LogP contribution is 2.10. The summed E-state index contributed by atoms with van der Waals surface area (Å²) in [6.45, 7) is 1.75. The molecule has 2 aromatic rings. The monoisotopic (exact) mass is 286 g/mol. The summed E-state index contributed by atoms with van der Waals surface area (Å²) in [5.41, 5.74) is 1.95. The van der Waals surface area contributed by atoms with E-state index < -0.39 is 0 Å². The quantitative estimate of drug-likeness (QED) is 0.908. The lowest BCUT2D eigenvalue weighted by Crippen LogP contribution is -2.22. The van der Waals surface area contributed by atoms with Crippen LogP contribution in [0.4, 0.5) is 10.1 Å².